The maximum absolute atomic E-state index is 7.67. The van der Waals surface area contributed by atoms with E-state index in [-0.39, 0.29) is 0 Å². The molecule has 3 N–H and O–H groups in total. The predicted octanol–water partition coefficient (Wildman–Crippen LogP) is 10.9. The van der Waals surface area contributed by atoms with Crippen LogP contribution in [0.25, 0.3) is 0 Å². The van der Waals surface area contributed by atoms with Crippen molar-refractivity contribution in [2.24, 2.45) is 76.9 Å². The van der Waals surface area contributed by atoms with E-state index in [0.717, 1.165) is 76.9 Å². The number of hydrogen-bond acceptors (Lipinski definition) is 4. The predicted molar refractivity (Wildman–Crippen MR) is 209 cm³/mol. The lowest BCUT2D eigenvalue weighted by Gasteiger charge is -2.54. The number of ether oxygens (including phenoxy) is 1. The van der Waals surface area contributed by atoms with Gasteiger partial charge in [0.15, 0.2) is 0 Å². The van der Waals surface area contributed by atoms with Gasteiger partial charge in [0, 0.05) is 0 Å². The van der Waals surface area contributed by atoms with E-state index in [0.29, 0.717) is 30.7 Å². The summed E-state index contributed by atoms with van der Waals surface area (Å²) in [6.45, 7) is 0. The summed E-state index contributed by atoms with van der Waals surface area (Å²) < 4.78 is 7.67. The number of hydrogen-bond donors (Lipinski definition) is 3. The van der Waals surface area contributed by atoms with E-state index in [1.165, 1.54) is 141 Å². The molecule has 0 aromatic rings. The highest BCUT2D eigenvalue weighted by Gasteiger charge is 2.59. The Morgan fingerprint density at radius 2 is 0.765 bits per heavy atom. The van der Waals surface area contributed by atoms with Gasteiger partial charge in [-0.3, -0.25) is 16.0 Å². The Labute approximate surface area is 313 Å². The highest BCUT2D eigenvalue weighted by atomic mass is 16.5. The zero-order valence-electron chi connectivity index (χ0n) is 32.8. The lowest BCUT2D eigenvalue weighted by molar-refractivity contribution is -0.0848. The Kier molecular flexibility index (Phi) is 10.9. The fourth-order valence-corrected chi connectivity index (χ4v) is 16.6. The third-order valence-electron chi connectivity index (χ3n) is 19.0. The molecule has 15 unspecified atom stereocenters. The highest BCUT2D eigenvalue weighted by molar-refractivity contribution is 5.08. The fourth-order valence-electron chi connectivity index (χ4n) is 16.6. The quantitative estimate of drug-likeness (QED) is 0.267. The van der Waals surface area contributed by atoms with Crippen LogP contribution in [0.15, 0.2) is 0 Å². The van der Waals surface area contributed by atoms with Gasteiger partial charge in [0.2, 0.25) is 0 Å². The monoisotopic (exact) mass is 702 g/mol. The van der Waals surface area contributed by atoms with Crippen LogP contribution in [0.3, 0.4) is 0 Å². The average molecular weight is 702 g/mol. The zero-order valence-corrected chi connectivity index (χ0v) is 32.8. The summed E-state index contributed by atoms with van der Waals surface area (Å²) in [4.78, 5) is 0. The average Bonchev–Trinajstić information content (AvgIpc) is 3.60. The standard InChI is InChI=1S/C47H79N3O/c1-3-14-31(15-4-1)45-48-46(32-16-5-2-6-17-32)50-47(49-45)41-29-42-43(39-22-10-9-21-38(39)41)40-24-12-23-37(44(40)51-42)36-20-11-19-34(28-36)35-26-25-30-13-7-8-18-33(30)27-35/h30-50H,1-29H2. The van der Waals surface area contributed by atoms with Crippen LogP contribution >= 0.6 is 0 Å². The summed E-state index contributed by atoms with van der Waals surface area (Å²) in [5, 5.41) is 13.0. The summed E-state index contributed by atoms with van der Waals surface area (Å²) in [5.74, 6) is 12.0. The minimum absolute atomic E-state index is 0.469. The molecule has 2 aliphatic heterocycles. The molecule has 2 heterocycles. The van der Waals surface area contributed by atoms with Gasteiger partial charge in [-0.15, -0.1) is 0 Å². The molecular formula is C47H79N3O. The summed E-state index contributed by atoms with van der Waals surface area (Å²) in [5.41, 5.74) is 0. The Hall–Kier alpha value is -0.160. The van der Waals surface area contributed by atoms with Crippen molar-refractivity contribution in [2.75, 3.05) is 0 Å². The Bertz CT molecular complexity index is 1110. The van der Waals surface area contributed by atoms with Crippen molar-refractivity contribution in [1.82, 2.24) is 16.0 Å². The first-order valence-electron chi connectivity index (χ1n) is 24.2. The van der Waals surface area contributed by atoms with Gasteiger partial charge < -0.3 is 4.74 Å². The van der Waals surface area contributed by atoms with Crippen LogP contribution in [0, 0.1) is 76.9 Å². The van der Waals surface area contributed by atoms with Gasteiger partial charge in [-0.2, -0.15) is 0 Å². The molecule has 10 aliphatic rings. The molecule has 0 radical (unpaired) electrons. The van der Waals surface area contributed by atoms with Crippen LogP contribution < -0.4 is 16.0 Å². The van der Waals surface area contributed by atoms with E-state index in [1.54, 1.807) is 44.9 Å². The zero-order chi connectivity index (χ0) is 33.7. The number of fused-ring (bicyclic) bond motifs is 6. The van der Waals surface area contributed by atoms with Gasteiger partial charge in [0.1, 0.15) is 0 Å². The molecule has 51 heavy (non-hydrogen) atoms. The largest absolute Gasteiger partial charge is 0.374 e. The van der Waals surface area contributed by atoms with Gasteiger partial charge in [0.05, 0.1) is 30.7 Å². The molecule has 0 aromatic carbocycles. The smallest absolute Gasteiger partial charge is 0.0641 e. The first kappa shape index (κ1) is 35.3. The van der Waals surface area contributed by atoms with Crippen LogP contribution in [0.2, 0.25) is 0 Å². The third kappa shape index (κ3) is 7.09. The molecular weight excluding hydrogens is 623 g/mol. The Morgan fingerprint density at radius 1 is 0.294 bits per heavy atom. The molecule has 10 rings (SSSR count). The second-order valence-electron chi connectivity index (χ2n) is 21.3. The summed E-state index contributed by atoms with van der Waals surface area (Å²) in [6.07, 6.45) is 45.8. The van der Waals surface area contributed by atoms with Crippen LogP contribution in [0.4, 0.5) is 0 Å². The van der Waals surface area contributed by atoms with Gasteiger partial charge in [-0.1, -0.05) is 103 Å². The van der Waals surface area contributed by atoms with Crippen LogP contribution in [0.1, 0.15) is 186 Å². The molecule has 288 valence electrons. The van der Waals surface area contributed by atoms with Gasteiger partial charge >= 0.3 is 0 Å². The normalized spacial score (nSPS) is 51.5. The Balaban J connectivity index is 0.858. The molecule has 0 bridgehead atoms. The van der Waals surface area contributed by atoms with Crippen LogP contribution in [-0.2, 0) is 4.74 Å². The molecule has 2 saturated heterocycles. The molecule has 15 atom stereocenters. The van der Waals surface area contributed by atoms with Crippen molar-refractivity contribution in [3.63, 3.8) is 0 Å². The molecule has 8 saturated carbocycles. The van der Waals surface area contributed by atoms with Gasteiger partial charge in [-0.05, 0) is 160 Å². The van der Waals surface area contributed by atoms with E-state index >= 15 is 0 Å². The molecule has 0 aromatic heterocycles. The lowest BCUT2D eigenvalue weighted by Crippen LogP contribution is -2.73. The van der Waals surface area contributed by atoms with E-state index < -0.39 is 0 Å². The van der Waals surface area contributed by atoms with Crippen molar-refractivity contribution < 1.29 is 4.74 Å². The summed E-state index contributed by atoms with van der Waals surface area (Å²) >= 11 is 0. The Morgan fingerprint density at radius 3 is 1.53 bits per heavy atom. The minimum Gasteiger partial charge on any atom is -0.374 e. The summed E-state index contributed by atoms with van der Waals surface area (Å²) in [7, 11) is 0. The van der Waals surface area contributed by atoms with E-state index in [4.69, 9.17) is 4.74 Å². The van der Waals surface area contributed by atoms with E-state index in [1.807, 2.05) is 0 Å². The van der Waals surface area contributed by atoms with Crippen molar-refractivity contribution in [3.05, 3.63) is 0 Å². The van der Waals surface area contributed by atoms with Crippen LogP contribution in [-0.4, -0.2) is 30.7 Å². The first-order chi connectivity index (χ1) is 25.3. The van der Waals surface area contributed by atoms with E-state index in [9.17, 15) is 0 Å². The second kappa shape index (κ2) is 15.8. The molecule has 0 spiro atoms. The molecule has 4 nitrogen and oxygen atoms in total. The molecule has 10 fully saturated rings. The maximum atomic E-state index is 7.67. The summed E-state index contributed by atoms with van der Waals surface area (Å²) in [6, 6.07) is 0. The van der Waals surface area contributed by atoms with Crippen molar-refractivity contribution >= 4 is 0 Å². The molecule has 0 amide bonds. The van der Waals surface area contributed by atoms with Gasteiger partial charge in [0.25, 0.3) is 0 Å². The number of rotatable bonds is 5. The molecule has 4 heteroatoms. The lowest BCUT2D eigenvalue weighted by atomic mass is 9.54. The van der Waals surface area contributed by atoms with Crippen LogP contribution in [0.5, 0.6) is 0 Å². The van der Waals surface area contributed by atoms with Crippen molar-refractivity contribution in [3.8, 4) is 0 Å². The van der Waals surface area contributed by atoms with Crippen molar-refractivity contribution in [2.45, 2.75) is 217 Å². The van der Waals surface area contributed by atoms with Crippen molar-refractivity contribution in [1.29, 1.82) is 0 Å². The van der Waals surface area contributed by atoms with Gasteiger partial charge in [-0.25, -0.2) is 0 Å². The topological polar surface area (TPSA) is 45.3 Å². The SMILES string of the molecule is C1CCC(C2NC(C3CCCCC3)NC(C3CC4OC5C(C6CCCC(C7CCC8CCCCC8C7)C6)CCCC5C4C4CCCCC34)N2)CC1. The highest BCUT2D eigenvalue weighted by Crippen LogP contribution is 2.60. The number of nitrogens with one attached hydrogen (secondary N) is 3. The first-order valence-corrected chi connectivity index (χ1v) is 24.2. The maximum Gasteiger partial charge on any atom is 0.0641 e. The second-order valence-corrected chi connectivity index (χ2v) is 21.3. The third-order valence-corrected chi connectivity index (χ3v) is 19.0. The minimum atomic E-state index is 0.469. The fraction of sp³-hybridized carbons (Fsp3) is 1.00. The van der Waals surface area contributed by atoms with E-state index in [2.05, 4.69) is 16.0 Å². The molecule has 8 aliphatic carbocycles.